The summed E-state index contributed by atoms with van der Waals surface area (Å²) >= 11 is 1.90. The maximum absolute atomic E-state index is 10.2. The number of hydrogen-bond acceptors (Lipinski definition) is 4. The van der Waals surface area contributed by atoms with Crippen LogP contribution in [0.2, 0.25) is 0 Å². The molecule has 1 fully saturated rings. The number of hydrogen-bond donors (Lipinski definition) is 1. The van der Waals surface area contributed by atoms with Crippen LogP contribution in [0, 0.1) is 5.92 Å². The van der Waals surface area contributed by atoms with Gasteiger partial charge in [0.05, 0.1) is 6.10 Å². The van der Waals surface area contributed by atoms with E-state index in [0.717, 1.165) is 32.1 Å². The number of β-amino-alcohol motifs (C(OH)–C–C–N with tert-alkyl or cyclic N) is 1. The van der Waals surface area contributed by atoms with E-state index in [1.54, 1.807) is 0 Å². The molecule has 0 aromatic rings. The first-order valence-electron chi connectivity index (χ1n) is 7.62. The molecule has 1 saturated heterocycles. The highest BCUT2D eigenvalue weighted by molar-refractivity contribution is 7.98. The number of aliphatic hydroxyl groups is 1. The van der Waals surface area contributed by atoms with Crippen LogP contribution in [0.25, 0.3) is 0 Å². The molecule has 2 unspecified atom stereocenters. The van der Waals surface area contributed by atoms with E-state index in [-0.39, 0.29) is 6.10 Å². The smallest absolute Gasteiger partial charge is 0.0793 e. The molecule has 0 aromatic heterocycles. The molecule has 0 bridgehead atoms. The number of likely N-dealkylation sites (tertiary alicyclic amines) is 1. The Morgan fingerprint density at radius 2 is 2.00 bits per heavy atom. The van der Waals surface area contributed by atoms with Gasteiger partial charge in [-0.15, -0.1) is 0 Å². The standard InChI is InChI=1S/C15H32N2OS/c1-13-5-8-17(9-6-13)12-15(18)11-16(3)14(2)7-10-19-4/h13-15,18H,5-12H2,1-4H3. The molecule has 1 N–H and O–H groups in total. The van der Waals surface area contributed by atoms with Crippen LogP contribution in [0.3, 0.4) is 0 Å². The molecule has 1 heterocycles. The average Bonchev–Trinajstić information content (AvgIpc) is 2.38. The Hall–Kier alpha value is 0.230. The minimum absolute atomic E-state index is 0.213. The first-order chi connectivity index (χ1) is 9.02. The highest BCUT2D eigenvalue weighted by Gasteiger charge is 2.20. The Bertz CT molecular complexity index is 232. The highest BCUT2D eigenvalue weighted by Crippen LogP contribution is 2.16. The number of piperidine rings is 1. The topological polar surface area (TPSA) is 26.7 Å². The third-order valence-electron chi connectivity index (χ3n) is 4.34. The van der Waals surface area contributed by atoms with E-state index in [1.807, 2.05) is 11.8 Å². The molecule has 0 aromatic carbocycles. The van der Waals surface area contributed by atoms with Crippen LogP contribution in [0.1, 0.15) is 33.1 Å². The molecular formula is C15H32N2OS. The van der Waals surface area contributed by atoms with Crippen molar-refractivity contribution in [2.24, 2.45) is 5.92 Å². The van der Waals surface area contributed by atoms with Crippen LogP contribution < -0.4 is 0 Å². The fourth-order valence-electron chi connectivity index (χ4n) is 2.62. The van der Waals surface area contributed by atoms with Gasteiger partial charge in [0.25, 0.3) is 0 Å². The summed E-state index contributed by atoms with van der Waals surface area (Å²) in [6.45, 7) is 8.53. The molecule has 0 amide bonds. The van der Waals surface area contributed by atoms with Crippen LogP contribution >= 0.6 is 11.8 Å². The van der Waals surface area contributed by atoms with Crippen molar-refractivity contribution < 1.29 is 5.11 Å². The molecule has 0 aliphatic carbocycles. The normalized spacial score (nSPS) is 21.8. The van der Waals surface area contributed by atoms with Crippen molar-refractivity contribution in [2.45, 2.75) is 45.3 Å². The Morgan fingerprint density at radius 3 is 2.58 bits per heavy atom. The van der Waals surface area contributed by atoms with Crippen molar-refractivity contribution in [3.63, 3.8) is 0 Å². The lowest BCUT2D eigenvalue weighted by Crippen LogP contribution is -2.44. The molecule has 1 aliphatic heterocycles. The fraction of sp³-hybridized carbons (Fsp3) is 1.00. The summed E-state index contributed by atoms with van der Waals surface area (Å²) in [4.78, 5) is 4.72. The average molecular weight is 289 g/mol. The van der Waals surface area contributed by atoms with E-state index in [0.29, 0.717) is 6.04 Å². The van der Waals surface area contributed by atoms with Crippen LogP contribution in [-0.2, 0) is 0 Å². The fourth-order valence-corrected chi connectivity index (χ4v) is 3.20. The summed E-state index contributed by atoms with van der Waals surface area (Å²) in [6.07, 6.45) is 5.71. The van der Waals surface area contributed by atoms with E-state index in [4.69, 9.17) is 0 Å². The van der Waals surface area contributed by atoms with E-state index in [2.05, 4.69) is 37.0 Å². The predicted molar refractivity (Wildman–Crippen MR) is 85.9 cm³/mol. The van der Waals surface area contributed by atoms with Gasteiger partial charge in [0.1, 0.15) is 0 Å². The molecule has 3 nitrogen and oxygen atoms in total. The van der Waals surface area contributed by atoms with Gasteiger partial charge in [-0.3, -0.25) is 0 Å². The van der Waals surface area contributed by atoms with Gasteiger partial charge >= 0.3 is 0 Å². The summed E-state index contributed by atoms with van der Waals surface area (Å²) in [7, 11) is 2.13. The number of aliphatic hydroxyl groups excluding tert-OH is 1. The van der Waals surface area contributed by atoms with Gasteiger partial charge in [0, 0.05) is 19.1 Å². The van der Waals surface area contributed by atoms with Crippen LogP contribution in [-0.4, -0.2) is 72.3 Å². The zero-order valence-corrected chi connectivity index (χ0v) is 14.0. The van der Waals surface area contributed by atoms with E-state index < -0.39 is 0 Å². The minimum Gasteiger partial charge on any atom is -0.390 e. The van der Waals surface area contributed by atoms with Crippen molar-refractivity contribution >= 4 is 11.8 Å². The summed E-state index contributed by atoms with van der Waals surface area (Å²) in [5, 5.41) is 10.2. The summed E-state index contributed by atoms with van der Waals surface area (Å²) < 4.78 is 0. The van der Waals surface area contributed by atoms with Gasteiger partial charge in [-0.1, -0.05) is 6.92 Å². The number of rotatable bonds is 8. The second-order valence-corrected chi connectivity index (χ2v) is 7.19. The molecule has 1 rings (SSSR count). The molecule has 0 spiro atoms. The zero-order chi connectivity index (χ0) is 14.3. The lowest BCUT2D eigenvalue weighted by molar-refractivity contribution is 0.0587. The van der Waals surface area contributed by atoms with E-state index in [1.165, 1.54) is 25.0 Å². The first-order valence-corrected chi connectivity index (χ1v) is 9.02. The Morgan fingerprint density at radius 1 is 1.37 bits per heavy atom. The third kappa shape index (κ3) is 6.98. The molecule has 0 radical (unpaired) electrons. The number of nitrogens with zero attached hydrogens (tertiary/aromatic N) is 2. The Kier molecular flexibility index (Phi) is 8.38. The molecule has 19 heavy (non-hydrogen) atoms. The molecule has 1 aliphatic rings. The molecule has 0 saturated carbocycles. The van der Waals surface area contributed by atoms with Gasteiger partial charge in [0.2, 0.25) is 0 Å². The number of thioether (sulfide) groups is 1. The van der Waals surface area contributed by atoms with Gasteiger partial charge in [-0.05, 0) is 64.2 Å². The second-order valence-electron chi connectivity index (χ2n) is 6.21. The van der Waals surface area contributed by atoms with Crippen molar-refractivity contribution in [3.8, 4) is 0 Å². The number of likely N-dealkylation sites (N-methyl/N-ethyl adjacent to an activating group) is 1. The maximum atomic E-state index is 10.2. The van der Waals surface area contributed by atoms with Crippen LogP contribution in [0.15, 0.2) is 0 Å². The highest BCUT2D eigenvalue weighted by atomic mass is 32.2. The van der Waals surface area contributed by atoms with Gasteiger partial charge in [-0.25, -0.2) is 0 Å². The van der Waals surface area contributed by atoms with Crippen molar-refractivity contribution in [1.29, 1.82) is 0 Å². The van der Waals surface area contributed by atoms with Crippen LogP contribution in [0.5, 0.6) is 0 Å². The van der Waals surface area contributed by atoms with E-state index >= 15 is 0 Å². The zero-order valence-electron chi connectivity index (χ0n) is 13.1. The quantitative estimate of drug-likeness (QED) is 0.740. The lowest BCUT2D eigenvalue weighted by Gasteiger charge is -2.33. The van der Waals surface area contributed by atoms with Gasteiger partial charge in [0.15, 0.2) is 0 Å². The molecule has 4 heteroatoms. The summed E-state index contributed by atoms with van der Waals surface area (Å²) in [5.74, 6) is 2.06. The summed E-state index contributed by atoms with van der Waals surface area (Å²) in [6, 6.07) is 0.559. The monoisotopic (exact) mass is 288 g/mol. The third-order valence-corrected chi connectivity index (χ3v) is 4.98. The second kappa shape index (κ2) is 9.22. The largest absolute Gasteiger partial charge is 0.390 e. The van der Waals surface area contributed by atoms with Gasteiger partial charge in [-0.2, -0.15) is 11.8 Å². The maximum Gasteiger partial charge on any atom is 0.0793 e. The Balaban J connectivity index is 2.20. The SMILES string of the molecule is CSCCC(C)N(C)CC(O)CN1CCC(C)CC1. The van der Waals surface area contributed by atoms with Gasteiger partial charge < -0.3 is 14.9 Å². The molecule has 114 valence electrons. The summed E-state index contributed by atoms with van der Waals surface area (Å²) in [5.41, 5.74) is 0. The molecular weight excluding hydrogens is 256 g/mol. The molecule has 2 atom stereocenters. The van der Waals surface area contributed by atoms with Crippen molar-refractivity contribution in [1.82, 2.24) is 9.80 Å². The van der Waals surface area contributed by atoms with Crippen molar-refractivity contribution in [3.05, 3.63) is 0 Å². The predicted octanol–water partition coefficient (Wildman–Crippen LogP) is 2.15. The van der Waals surface area contributed by atoms with Crippen molar-refractivity contribution in [2.75, 3.05) is 45.2 Å². The first kappa shape index (κ1) is 17.3. The van der Waals surface area contributed by atoms with E-state index in [9.17, 15) is 5.11 Å². The Labute approximate surface area is 123 Å². The van der Waals surface area contributed by atoms with Crippen LogP contribution in [0.4, 0.5) is 0 Å². The lowest BCUT2D eigenvalue weighted by atomic mass is 9.99. The minimum atomic E-state index is -0.213.